The van der Waals surface area contributed by atoms with Gasteiger partial charge in [-0.15, -0.1) is 6.58 Å². The Bertz CT molecular complexity index is 670. The minimum absolute atomic E-state index is 0.00197. The van der Waals surface area contributed by atoms with Crippen molar-refractivity contribution in [2.45, 2.75) is 24.2 Å². The van der Waals surface area contributed by atoms with Crippen LogP contribution in [0.4, 0.5) is 0 Å². The number of hydrogen-bond acceptors (Lipinski definition) is 4. The quantitative estimate of drug-likeness (QED) is 0.437. The van der Waals surface area contributed by atoms with Crippen LogP contribution in [0.25, 0.3) is 0 Å². The van der Waals surface area contributed by atoms with Crippen LogP contribution in [0.3, 0.4) is 0 Å². The molecule has 0 unspecified atom stereocenters. The molecule has 3 N–H and O–H groups in total. The topological polar surface area (TPSA) is 113 Å². The first-order valence-corrected chi connectivity index (χ1v) is 8.56. The predicted octanol–water partition coefficient (Wildman–Crippen LogP) is 1.14. The van der Waals surface area contributed by atoms with Crippen LogP contribution in [-0.4, -0.2) is 38.5 Å². The second-order valence-electron chi connectivity index (χ2n) is 4.78. The molecule has 1 rings (SSSR count). The summed E-state index contributed by atoms with van der Waals surface area (Å²) in [6.45, 7) is 3.87. The van der Waals surface area contributed by atoms with Crippen molar-refractivity contribution in [2.24, 2.45) is 0 Å². The number of amides is 1. The highest BCUT2D eigenvalue weighted by Gasteiger charge is 2.15. The standard InChI is InChI=1S/C15H20N2O5S/c1-2-9-17-23(21,22)13-7-5-6-12(11-13)15(20)16-10-4-3-8-14(18)19/h2,5-7,11,17H,1,3-4,8-10H2,(H,16,20)(H,18,19). The molecule has 0 aliphatic carbocycles. The number of sulfonamides is 1. The number of rotatable bonds is 10. The summed E-state index contributed by atoms with van der Waals surface area (Å²) < 4.78 is 26.3. The Kier molecular flexibility index (Phi) is 7.43. The number of benzene rings is 1. The third-order valence-corrected chi connectivity index (χ3v) is 4.35. The van der Waals surface area contributed by atoms with E-state index in [0.717, 1.165) is 0 Å². The lowest BCUT2D eigenvalue weighted by Crippen LogP contribution is -2.26. The van der Waals surface area contributed by atoms with Gasteiger partial charge in [0.25, 0.3) is 5.91 Å². The summed E-state index contributed by atoms with van der Waals surface area (Å²) in [7, 11) is -3.68. The number of carboxylic acids is 1. The third-order valence-electron chi connectivity index (χ3n) is 2.93. The molecular formula is C15H20N2O5S. The van der Waals surface area contributed by atoms with E-state index in [0.29, 0.717) is 19.4 Å². The predicted molar refractivity (Wildman–Crippen MR) is 85.6 cm³/mol. The van der Waals surface area contributed by atoms with Gasteiger partial charge in [0.2, 0.25) is 10.0 Å². The molecule has 1 amide bonds. The average Bonchev–Trinajstić information content (AvgIpc) is 2.52. The summed E-state index contributed by atoms with van der Waals surface area (Å²) in [5.41, 5.74) is 0.227. The number of nitrogens with one attached hydrogen (secondary N) is 2. The van der Waals surface area contributed by atoms with E-state index < -0.39 is 21.9 Å². The molecule has 0 radical (unpaired) electrons. The van der Waals surface area contributed by atoms with Crippen LogP contribution in [0.2, 0.25) is 0 Å². The molecule has 8 heteroatoms. The first-order chi connectivity index (χ1) is 10.9. The van der Waals surface area contributed by atoms with Gasteiger partial charge in [-0.1, -0.05) is 12.1 Å². The van der Waals surface area contributed by atoms with Gasteiger partial charge in [0.1, 0.15) is 0 Å². The monoisotopic (exact) mass is 340 g/mol. The van der Waals surface area contributed by atoms with Crippen molar-refractivity contribution in [3.63, 3.8) is 0 Å². The van der Waals surface area contributed by atoms with Crippen molar-refractivity contribution in [1.82, 2.24) is 10.0 Å². The van der Waals surface area contributed by atoms with Gasteiger partial charge in [-0.25, -0.2) is 13.1 Å². The SMILES string of the molecule is C=CCNS(=O)(=O)c1cccc(C(=O)NCCCCC(=O)O)c1. The van der Waals surface area contributed by atoms with Crippen LogP contribution in [0.5, 0.6) is 0 Å². The van der Waals surface area contributed by atoms with Gasteiger partial charge in [0.05, 0.1) is 4.90 Å². The van der Waals surface area contributed by atoms with Crippen molar-refractivity contribution < 1.29 is 23.1 Å². The van der Waals surface area contributed by atoms with E-state index in [9.17, 15) is 18.0 Å². The fourth-order valence-corrected chi connectivity index (χ4v) is 2.81. The van der Waals surface area contributed by atoms with E-state index in [1.54, 1.807) is 0 Å². The third kappa shape index (κ3) is 6.62. The van der Waals surface area contributed by atoms with Crippen LogP contribution in [0, 0.1) is 0 Å². The fraction of sp³-hybridized carbons (Fsp3) is 0.333. The van der Waals surface area contributed by atoms with Crippen molar-refractivity contribution in [3.8, 4) is 0 Å². The lowest BCUT2D eigenvalue weighted by molar-refractivity contribution is -0.137. The van der Waals surface area contributed by atoms with Crippen molar-refractivity contribution >= 4 is 21.9 Å². The molecule has 23 heavy (non-hydrogen) atoms. The number of carbonyl (C=O) groups is 2. The first kappa shape index (κ1) is 18.9. The maximum atomic E-state index is 12.0. The van der Waals surface area contributed by atoms with Crippen molar-refractivity contribution in [1.29, 1.82) is 0 Å². The molecule has 126 valence electrons. The first-order valence-electron chi connectivity index (χ1n) is 7.07. The van der Waals surface area contributed by atoms with Gasteiger partial charge in [0.15, 0.2) is 0 Å². The molecule has 0 aromatic heterocycles. The Morgan fingerprint density at radius 2 is 2.00 bits per heavy atom. The lowest BCUT2D eigenvalue weighted by atomic mass is 10.2. The van der Waals surface area contributed by atoms with Crippen LogP contribution in [0.1, 0.15) is 29.6 Å². The van der Waals surface area contributed by atoms with Crippen LogP contribution < -0.4 is 10.0 Å². The van der Waals surface area contributed by atoms with E-state index in [1.165, 1.54) is 30.3 Å². The lowest BCUT2D eigenvalue weighted by Gasteiger charge is -2.08. The Morgan fingerprint density at radius 1 is 1.26 bits per heavy atom. The molecule has 0 heterocycles. The molecule has 0 aliphatic heterocycles. The van der Waals surface area contributed by atoms with Gasteiger partial charge in [-0.05, 0) is 31.0 Å². The van der Waals surface area contributed by atoms with Crippen molar-refractivity contribution in [2.75, 3.05) is 13.1 Å². The minimum atomic E-state index is -3.68. The molecule has 1 aromatic rings. The Morgan fingerprint density at radius 3 is 2.65 bits per heavy atom. The Hall–Kier alpha value is -2.19. The second kappa shape index (κ2) is 9.06. The molecule has 0 fully saturated rings. The van der Waals surface area contributed by atoms with Gasteiger partial charge in [0, 0.05) is 25.1 Å². The molecule has 0 spiro atoms. The van der Waals surface area contributed by atoms with E-state index in [1.807, 2.05) is 0 Å². The number of carbonyl (C=O) groups excluding carboxylic acids is 1. The van der Waals surface area contributed by atoms with Crippen LogP contribution in [0.15, 0.2) is 41.8 Å². The summed E-state index contributed by atoms with van der Waals surface area (Å²) in [5.74, 6) is -1.28. The van der Waals surface area contributed by atoms with Crippen LogP contribution in [-0.2, 0) is 14.8 Å². The summed E-state index contributed by atoms with van der Waals surface area (Å²) in [5, 5.41) is 11.1. The van der Waals surface area contributed by atoms with E-state index >= 15 is 0 Å². The number of carboxylic acid groups (broad SMARTS) is 1. The average molecular weight is 340 g/mol. The zero-order valence-corrected chi connectivity index (χ0v) is 13.4. The molecule has 1 aromatic carbocycles. The normalized spacial score (nSPS) is 11.0. The number of aliphatic carboxylic acids is 1. The molecule has 0 saturated carbocycles. The molecule has 0 saturated heterocycles. The summed E-state index contributed by atoms with van der Waals surface area (Å²) in [6.07, 6.45) is 2.48. The summed E-state index contributed by atoms with van der Waals surface area (Å²) in [6, 6.07) is 5.69. The molecule has 0 atom stereocenters. The molecular weight excluding hydrogens is 320 g/mol. The minimum Gasteiger partial charge on any atom is -0.481 e. The van der Waals surface area contributed by atoms with Gasteiger partial charge < -0.3 is 10.4 Å². The molecule has 7 nitrogen and oxygen atoms in total. The highest BCUT2D eigenvalue weighted by Crippen LogP contribution is 2.11. The van der Waals surface area contributed by atoms with E-state index in [4.69, 9.17) is 5.11 Å². The highest BCUT2D eigenvalue weighted by atomic mass is 32.2. The number of hydrogen-bond donors (Lipinski definition) is 3. The van der Waals surface area contributed by atoms with Gasteiger partial charge >= 0.3 is 5.97 Å². The fourth-order valence-electron chi connectivity index (χ4n) is 1.76. The maximum absolute atomic E-state index is 12.0. The largest absolute Gasteiger partial charge is 0.481 e. The molecule has 0 bridgehead atoms. The molecule has 0 aliphatic rings. The smallest absolute Gasteiger partial charge is 0.303 e. The van der Waals surface area contributed by atoms with Gasteiger partial charge in [-0.2, -0.15) is 0 Å². The maximum Gasteiger partial charge on any atom is 0.303 e. The number of unbranched alkanes of at least 4 members (excludes halogenated alkanes) is 1. The zero-order valence-electron chi connectivity index (χ0n) is 12.6. The summed E-state index contributed by atoms with van der Waals surface area (Å²) in [4.78, 5) is 22.3. The van der Waals surface area contributed by atoms with E-state index in [-0.39, 0.29) is 23.4 Å². The Balaban J connectivity index is 2.63. The highest BCUT2D eigenvalue weighted by molar-refractivity contribution is 7.89. The second-order valence-corrected chi connectivity index (χ2v) is 6.54. The Labute approximate surface area is 135 Å². The van der Waals surface area contributed by atoms with Crippen LogP contribution >= 0.6 is 0 Å². The van der Waals surface area contributed by atoms with Gasteiger partial charge in [-0.3, -0.25) is 9.59 Å². The van der Waals surface area contributed by atoms with E-state index in [2.05, 4.69) is 16.6 Å². The zero-order chi connectivity index (χ0) is 17.3. The summed E-state index contributed by atoms with van der Waals surface area (Å²) >= 11 is 0. The van der Waals surface area contributed by atoms with Crippen molar-refractivity contribution in [3.05, 3.63) is 42.5 Å².